The molecular formula is C31H26F4O2. The van der Waals surface area contributed by atoms with Crippen LogP contribution in [-0.2, 0) is 12.8 Å². The van der Waals surface area contributed by atoms with Crippen molar-refractivity contribution in [2.75, 3.05) is 0 Å². The standard InChI is InChI=1S/C31H26F4O2/c1-3-7-25-26(32)17-24(18-27(25)33)37-31(36)30-28(34)15-23(16-29(30)35)22-12-10-20(11-13-22)14-19(2)21-8-5-4-6-9-21/h4-6,8-13,15-19H,3,7,14H2,1-2H3. The molecule has 4 rings (SSSR count). The highest BCUT2D eigenvalue weighted by Gasteiger charge is 2.22. The van der Waals surface area contributed by atoms with Crippen LogP contribution < -0.4 is 4.74 Å². The molecule has 0 amide bonds. The minimum absolute atomic E-state index is 0.135. The van der Waals surface area contributed by atoms with Gasteiger partial charge in [0.05, 0.1) is 0 Å². The zero-order valence-corrected chi connectivity index (χ0v) is 20.5. The Morgan fingerprint density at radius 2 is 1.38 bits per heavy atom. The second-order valence-electron chi connectivity index (χ2n) is 9.03. The molecule has 1 atom stereocenters. The second-order valence-corrected chi connectivity index (χ2v) is 9.03. The summed E-state index contributed by atoms with van der Waals surface area (Å²) < 4.78 is 62.8. The fourth-order valence-electron chi connectivity index (χ4n) is 4.31. The highest BCUT2D eigenvalue weighted by Crippen LogP contribution is 2.28. The number of carbonyl (C=O) groups excluding carboxylic acids is 1. The Morgan fingerprint density at radius 1 is 0.784 bits per heavy atom. The SMILES string of the molecule is CCCc1c(F)cc(OC(=O)c2c(F)cc(-c3ccc(CC(C)c4ccccc4)cc3)cc2F)cc1F. The van der Waals surface area contributed by atoms with Gasteiger partial charge < -0.3 is 4.74 Å². The van der Waals surface area contributed by atoms with Crippen LogP contribution in [0, 0.1) is 23.3 Å². The van der Waals surface area contributed by atoms with Crippen molar-refractivity contribution < 1.29 is 27.1 Å². The van der Waals surface area contributed by atoms with Crippen molar-refractivity contribution in [3.63, 3.8) is 0 Å². The third kappa shape index (κ3) is 6.08. The lowest BCUT2D eigenvalue weighted by atomic mass is 9.93. The Balaban J connectivity index is 1.50. The zero-order valence-electron chi connectivity index (χ0n) is 20.5. The van der Waals surface area contributed by atoms with Gasteiger partial charge >= 0.3 is 5.97 Å². The molecule has 4 aromatic rings. The number of esters is 1. The molecule has 190 valence electrons. The van der Waals surface area contributed by atoms with Crippen molar-refractivity contribution in [1.82, 2.24) is 0 Å². The summed E-state index contributed by atoms with van der Waals surface area (Å²) in [6.07, 6.45) is 1.49. The summed E-state index contributed by atoms with van der Waals surface area (Å²) in [5, 5.41) is 0. The van der Waals surface area contributed by atoms with Crippen LogP contribution in [0.25, 0.3) is 11.1 Å². The van der Waals surface area contributed by atoms with E-state index in [-0.39, 0.29) is 17.5 Å². The van der Waals surface area contributed by atoms with Gasteiger partial charge in [-0.25, -0.2) is 22.4 Å². The molecule has 0 bridgehead atoms. The first-order valence-corrected chi connectivity index (χ1v) is 12.1. The molecule has 6 heteroatoms. The fraction of sp³-hybridized carbons (Fsp3) is 0.194. The third-order valence-electron chi connectivity index (χ3n) is 6.27. The lowest BCUT2D eigenvalue weighted by Crippen LogP contribution is -2.14. The van der Waals surface area contributed by atoms with Gasteiger partial charge in [0.1, 0.15) is 34.6 Å². The average Bonchev–Trinajstić information content (AvgIpc) is 2.86. The van der Waals surface area contributed by atoms with E-state index in [2.05, 4.69) is 19.1 Å². The molecule has 0 saturated heterocycles. The van der Waals surface area contributed by atoms with Crippen LogP contribution in [-0.4, -0.2) is 5.97 Å². The summed E-state index contributed by atoms with van der Waals surface area (Å²) in [4.78, 5) is 12.5. The maximum absolute atomic E-state index is 14.8. The van der Waals surface area contributed by atoms with Crippen LogP contribution in [0.15, 0.2) is 78.9 Å². The lowest BCUT2D eigenvalue weighted by molar-refractivity contribution is 0.0723. The van der Waals surface area contributed by atoms with E-state index in [9.17, 15) is 22.4 Å². The molecule has 0 radical (unpaired) electrons. The molecule has 0 N–H and O–H groups in total. The van der Waals surface area contributed by atoms with E-state index in [0.717, 1.165) is 36.2 Å². The largest absolute Gasteiger partial charge is 0.423 e. The average molecular weight is 507 g/mol. The molecule has 0 aromatic heterocycles. The quantitative estimate of drug-likeness (QED) is 0.136. The Labute approximate surface area is 213 Å². The molecule has 0 saturated carbocycles. The molecule has 4 aromatic carbocycles. The van der Waals surface area contributed by atoms with Gasteiger partial charge in [-0.05, 0) is 53.1 Å². The first-order valence-electron chi connectivity index (χ1n) is 12.1. The molecule has 0 spiro atoms. The van der Waals surface area contributed by atoms with E-state index in [1.807, 2.05) is 30.3 Å². The smallest absolute Gasteiger partial charge is 0.349 e. The predicted octanol–water partition coefficient (Wildman–Crippen LogP) is 8.43. The highest BCUT2D eigenvalue weighted by molar-refractivity contribution is 5.92. The summed E-state index contributed by atoms with van der Waals surface area (Å²) in [6, 6.07) is 21.2. The number of rotatable bonds is 8. The van der Waals surface area contributed by atoms with E-state index in [0.29, 0.717) is 17.9 Å². The van der Waals surface area contributed by atoms with Crippen LogP contribution >= 0.6 is 0 Å². The van der Waals surface area contributed by atoms with Crippen LogP contribution in [0.4, 0.5) is 17.6 Å². The Kier molecular flexibility index (Phi) is 8.07. The first kappa shape index (κ1) is 26.1. The van der Waals surface area contributed by atoms with Gasteiger partial charge in [-0.2, -0.15) is 0 Å². The predicted molar refractivity (Wildman–Crippen MR) is 136 cm³/mol. The number of carbonyl (C=O) groups is 1. The van der Waals surface area contributed by atoms with Gasteiger partial charge in [0.15, 0.2) is 0 Å². The molecule has 0 fully saturated rings. The van der Waals surface area contributed by atoms with Crippen molar-refractivity contribution in [2.24, 2.45) is 0 Å². The van der Waals surface area contributed by atoms with Crippen molar-refractivity contribution in [3.8, 4) is 16.9 Å². The molecule has 0 heterocycles. The second kappa shape index (κ2) is 11.4. The summed E-state index contributed by atoms with van der Waals surface area (Å²) in [5.74, 6) is -5.59. The van der Waals surface area contributed by atoms with Crippen molar-refractivity contribution in [3.05, 3.63) is 124 Å². The number of hydrogen-bond donors (Lipinski definition) is 0. The summed E-state index contributed by atoms with van der Waals surface area (Å²) in [6.45, 7) is 3.90. The fourth-order valence-corrected chi connectivity index (χ4v) is 4.31. The Hall–Kier alpha value is -3.93. The normalized spacial score (nSPS) is 11.8. The first-order chi connectivity index (χ1) is 17.8. The molecule has 37 heavy (non-hydrogen) atoms. The van der Waals surface area contributed by atoms with E-state index in [1.165, 1.54) is 5.56 Å². The number of hydrogen-bond acceptors (Lipinski definition) is 2. The third-order valence-corrected chi connectivity index (χ3v) is 6.27. The summed E-state index contributed by atoms with van der Waals surface area (Å²) in [5.41, 5.74) is 2.05. The molecular weight excluding hydrogens is 480 g/mol. The lowest BCUT2D eigenvalue weighted by Gasteiger charge is -2.13. The topological polar surface area (TPSA) is 26.3 Å². The van der Waals surface area contributed by atoms with E-state index in [1.54, 1.807) is 19.1 Å². The van der Waals surface area contributed by atoms with E-state index >= 15 is 0 Å². The minimum Gasteiger partial charge on any atom is -0.423 e. The van der Waals surface area contributed by atoms with Gasteiger partial charge in [-0.1, -0.05) is 74.9 Å². The van der Waals surface area contributed by atoms with Gasteiger partial charge in [-0.3, -0.25) is 0 Å². The zero-order chi connectivity index (χ0) is 26.5. The molecule has 1 unspecified atom stereocenters. The minimum atomic E-state index is -1.38. The van der Waals surface area contributed by atoms with Crippen LogP contribution in [0.5, 0.6) is 5.75 Å². The van der Waals surface area contributed by atoms with Crippen molar-refractivity contribution >= 4 is 5.97 Å². The van der Waals surface area contributed by atoms with Gasteiger partial charge in [0.25, 0.3) is 0 Å². The summed E-state index contributed by atoms with van der Waals surface area (Å²) in [7, 11) is 0. The van der Waals surface area contributed by atoms with Gasteiger partial charge in [0.2, 0.25) is 0 Å². The van der Waals surface area contributed by atoms with Crippen molar-refractivity contribution in [2.45, 2.75) is 39.0 Å². The summed E-state index contributed by atoms with van der Waals surface area (Å²) >= 11 is 0. The van der Waals surface area contributed by atoms with Crippen LogP contribution in [0.1, 0.15) is 53.2 Å². The van der Waals surface area contributed by atoms with E-state index in [4.69, 9.17) is 4.74 Å². The number of halogens is 4. The van der Waals surface area contributed by atoms with Crippen LogP contribution in [0.3, 0.4) is 0 Å². The molecule has 0 aliphatic heterocycles. The molecule has 0 aliphatic rings. The van der Waals surface area contributed by atoms with E-state index < -0.39 is 40.6 Å². The Morgan fingerprint density at radius 3 is 1.95 bits per heavy atom. The van der Waals surface area contributed by atoms with Gasteiger partial charge in [-0.15, -0.1) is 0 Å². The van der Waals surface area contributed by atoms with Gasteiger partial charge in [0, 0.05) is 17.7 Å². The van der Waals surface area contributed by atoms with Crippen molar-refractivity contribution in [1.29, 1.82) is 0 Å². The van der Waals surface area contributed by atoms with Crippen LogP contribution in [0.2, 0.25) is 0 Å². The maximum Gasteiger partial charge on any atom is 0.349 e. The Bertz CT molecular complexity index is 1350. The number of ether oxygens (including phenoxy) is 1. The monoisotopic (exact) mass is 506 g/mol. The molecule has 2 nitrogen and oxygen atoms in total. The molecule has 0 aliphatic carbocycles. The number of benzene rings is 4. The maximum atomic E-state index is 14.8. The highest BCUT2D eigenvalue weighted by atomic mass is 19.1.